The SMILES string of the molecule is CCCCCCN1N=CN(F)C1C. The van der Waals surface area contributed by atoms with E-state index >= 15 is 0 Å². The fourth-order valence-corrected chi connectivity index (χ4v) is 1.38. The van der Waals surface area contributed by atoms with Crippen molar-refractivity contribution in [2.24, 2.45) is 5.10 Å². The van der Waals surface area contributed by atoms with E-state index in [4.69, 9.17) is 0 Å². The topological polar surface area (TPSA) is 18.8 Å². The largest absolute Gasteiger partial charge is 0.271 e. The molecule has 0 saturated carbocycles. The van der Waals surface area contributed by atoms with Crippen LogP contribution in [-0.4, -0.2) is 29.2 Å². The summed E-state index contributed by atoms with van der Waals surface area (Å²) in [5, 5.41) is 6.38. The van der Waals surface area contributed by atoms with E-state index in [2.05, 4.69) is 12.0 Å². The molecule has 0 bridgehead atoms. The molecule has 13 heavy (non-hydrogen) atoms. The molecule has 0 radical (unpaired) electrons. The fourth-order valence-electron chi connectivity index (χ4n) is 1.38. The van der Waals surface area contributed by atoms with Crippen LogP contribution >= 0.6 is 0 Å². The summed E-state index contributed by atoms with van der Waals surface area (Å²) < 4.78 is 12.8. The molecule has 0 saturated heterocycles. The molecule has 1 aliphatic heterocycles. The van der Waals surface area contributed by atoms with Crippen molar-refractivity contribution in [3.63, 3.8) is 0 Å². The standard InChI is InChI=1S/C9H18FN3/c1-3-4-5-6-7-13-9(2)12(10)8-11-13/h8-9H,3-7H2,1-2H3. The Kier molecular flexibility index (Phi) is 3.99. The van der Waals surface area contributed by atoms with Crippen LogP contribution in [-0.2, 0) is 0 Å². The van der Waals surface area contributed by atoms with Crippen LogP contribution in [0.2, 0.25) is 0 Å². The molecule has 1 atom stereocenters. The van der Waals surface area contributed by atoms with Crippen LogP contribution in [0.1, 0.15) is 39.5 Å². The maximum absolute atomic E-state index is 12.8. The molecule has 1 aliphatic rings. The molecule has 0 N–H and O–H groups in total. The Morgan fingerprint density at radius 1 is 1.38 bits per heavy atom. The number of hydrazone groups is 1. The lowest BCUT2D eigenvalue weighted by atomic mass is 10.2. The van der Waals surface area contributed by atoms with Crippen molar-refractivity contribution in [3.05, 3.63) is 0 Å². The predicted molar refractivity (Wildman–Crippen MR) is 51.7 cm³/mol. The molecule has 0 aliphatic carbocycles. The smallest absolute Gasteiger partial charge is 0.146 e. The van der Waals surface area contributed by atoms with Crippen LogP contribution < -0.4 is 0 Å². The van der Waals surface area contributed by atoms with Crippen molar-refractivity contribution in [2.45, 2.75) is 45.7 Å². The lowest BCUT2D eigenvalue weighted by Gasteiger charge is -2.21. The first-order valence-electron chi connectivity index (χ1n) is 5.00. The molecule has 0 fully saturated rings. The van der Waals surface area contributed by atoms with Gasteiger partial charge >= 0.3 is 0 Å². The molecule has 1 rings (SSSR count). The Bertz CT molecular complexity index is 172. The van der Waals surface area contributed by atoms with Crippen LogP contribution in [0, 0.1) is 0 Å². The van der Waals surface area contributed by atoms with E-state index in [9.17, 15) is 4.48 Å². The van der Waals surface area contributed by atoms with Crippen molar-refractivity contribution >= 4 is 6.34 Å². The van der Waals surface area contributed by atoms with Crippen molar-refractivity contribution < 1.29 is 4.48 Å². The second-order valence-corrected chi connectivity index (χ2v) is 3.43. The zero-order valence-electron chi connectivity index (χ0n) is 8.41. The Morgan fingerprint density at radius 3 is 2.69 bits per heavy atom. The van der Waals surface area contributed by atoms with Crippen molar-refractivity contribution in [3.8, 4) is 0 Å². The van der Waals surface area contributed by atoms with Crippen LogP contribution in [0.3, 0.4) is 0 Å². The predicted octanol–water partition coefficient (Wildman–Crippen LogP) is 2.36. The molecule has 4 heteroatoms. The number of nitrogens with zero attached hydrogens (tertiary/aromatic N) is 3. The Hall–Kier alpha value is -0.800. The van der Waals surface area contributed by atoms with Gasteiger partial charge < -0.3 is 0 Å². The highest BCUT2D eigenvalue weighted by Gasteiger charge is 2.22. The van der Waals surface area contributed by atoms with Gasteiger partial charge in [0, 0.05) is 6.54 Å². The van der Waals surface area contributed by atoms with Gasteiger partial charge in [-0.2, -0.15) is 10.2 Å². The monoisotopic (exact) mass is 187 g/mol. The van der Waals surface area contributed by atoms with E-state index in [1.807, 2.05) is 6.92 Å². The normalized spacial score (nSPS) is 21.6. The van der Waals surface area contributed by atoms with Gasteiger partial charge in [-0.05, 0) is 13.3 Å². The van der Waals surface area contributed by atoms with Gasteiger partial charge in [0.2, 0.25) is 0 Å². The molecule has 0 aromatic carbocycles. The average Bonchev–Trinajstić information content (AvgIpc) is 2.43. The molecule has 0 aromatic rings. The molecule has 0 amide bonds. The first-order chi connectivity index (χ1) is 6.25. The van der Waals surface area contributed by atoms with Crippen molar-refractivity contribution in [2.75, 3.05) is 6.54 Å². The minimum absolute atomic E-state index is 0.221. The highest BCUT2D eigenvalue weighted by Crippen LogP contribution is 2.13. The number of hydrogen-bond donors (Lipinski definition) is 0. The van der Waals surface area contributed by atoms with Crippen LogP contribution in [0.15, 0.2) is 5.10 Å². The minimum atomic E-state index is -0.221. The third kappa shape index (κ3) is 2.86. The van der Waals surface area contributed by atoms with Gasteiger partial charge in [-0.3, -0.25) is 5.01 Å². The molecule has 3 nitrogen and oxygen atoms in total. The third-order valence-electron chi connectivity index (χ3n) is 2.34. The van der Waals surface area contributed by atoms with Gasteiger partial charge in [0.05, 0.1) is 0 Å². The molecule has 76 valence electrons. The van der Waals surface area contributed by atoms with E-state index in [0.717, 1.165) is 13.0 Å². The molecular weight excluding hydrogens is 169 g/mol. The van der Waals surface area contributed by atoms with E-state index in [1.54, 1.807) is 5.01 Å². The van der Waals surface area contributed by atoms with Gasteiger partial charge in [-0.25, -0.2) is 0 Å². The lowest BCUT2D eigenvalue weighted by molar-refractivity contribution is 0.0157. The highest BCUT2D eigenvalue weighted by molar-refractivity contribution is 5.55. The summed E-state index contributed by atoms with van der Waals surface area (Å²) >= 11 is 0. The number of rotatable bonds is 5. The van der Waals surface area contributed by atoms with Crippen molar-refractivity contribution in [1.82, 2.24) is 10.1 Å². The Labute approximate surface area is 79.1 Å². The molecule has 1 heterocycles. The summed E-state index contributed by atoms with van der Waals surface area (Å²) in [6, 6.07) is 0. The number of unbranched alkanes of at least 4 members (excludes halogenated alkanes) is 3. The second-order valence-electron chi connectivity index (χ2n) is 3.43. The third-order valence-corrected chi connectivity index (χ3v) is 2.34. The van der Waals surface area contributed by atoms with Gasteiger partial charge in [0.25, 0.3) is 0 Å². The molecule has 0 spiro atoms. The molecule has 0 aromatic heterocycles. The van der Waals surface area contributed by atoms with Gasteiger partial charge in [0.1, 0.15) is 12.5 Å². The summed E-state index contributed by atoms with van der Waals surface area (Å²) in [7, 11) is 0. The Morgan fingerprint density at radius 2 is 2.15 bits per heavy atom. The summed E-state index contributed by atoms with van der Waals surface area (Å²) in [6.07, 6.45) is 5.82. The maximum atomic E-state index is 12.8. The lowest BCUT2D eigenvalue weighted by Crippen LogP contribution is -2.32. The Balaban J connectivity index is 2.12. The molecular formula is C9H18FN3. The van der Waals surface area contributed by atoms with Crippen LogP contribution in [0.5, 0.6) is 0 Å². The van der Waals surface area contributed by atoms with Gasteiger partial charge in [0.15, 0.2) is 0 Å². The van der Waals surface area contributed by atoms with E-state index in [0.29, 0.717) is 5.12 Å². The minimum Gasteiger partial charge on any atom is -0.271 e. The van der Waals surface area contributed by atoms with Gasteiger partial charge in [-0.15, -0.1) is 0 Å². The summed E-state index contributed by atoms with van der Waals surface area (Å²) in [4.78, 5) is 0. The fraction of sp³-hybridized carbons (Fsp3) is 0.889. The highest BCUT2D eigenvalue weighted by atomic mass is 19.2. The second kappa shape index (κ2) is 5.04. The first kappa shape index (κ1) is 10.3. The first-order valence-corrected chi connectivity index (χ1v) is 5.00. The zero-order chi connectivity index (χ0) is 9.68. The summed E-state index contributed by atoms with van der Waals surface area (Å²) in [5.74, 6) is 0. The average molecular weight is 187 g/mol. The molecule has 1 unspecified atom stereocenters. The number of halogens is 1. The van der Waals surface area contributed by atoms with Crippen LogP contribution in [0.4, 0.5) is 4.48 Å². The van der Waals surface area contributed by atoms with Crippen LogP contribution in [0.25, 0.3) is 0 Å². The van der Waals surface area contributed by atoms with Crippen molar-refractivity contribution in [1.29, 1.82) is 0 Å². The quantitative estimate of drug-likeness (QED) is 0.486. The zero-order valence-corrected chi connectivity index (χ0v) is 8.41. The number of hydrogen-bond acceptors (Lipinski definition) is 3. The summed E-state index contributed by atoms with van der Waals surface area (Å²) in [5.41, 5.74) is 0. The maximum Gasteiger partial charge on any atom is 0.146 e. The van der Waals surface area contributed by atoms with E-state index in [-0.39, 0.29) is 6.17 Å². The summed E-state index contributed by atoms with van der Waals surface area (Å²) in [6.45, 7) is 4.85. The van der Waals surface area contributed by atoms with Gasteiger partial charge in [-0.1, -0.05) is 30.7 Å². The van der Waals surface area contributed by atoms with E-state index < -0.39 is 0 Å². The van der Waals surface area contributed by atoms with E-state index in [1.165, 1.54) is 25.6 Å².